The Morgan fingerprint density at radius 1 is 0.696 bits per heavy atom. The molecular formula is C10H16Ca2N2O9. The van der Waals surface area contributed by atoms with E-state index in [0.29, 0.717) is 0 Å². The van der Waals surface area contributed by atoms with Crippen molar-refractivity contribution >= 4 is 99.4 Å². The predicted octanol–water partition coefficient (Wildman–Crippen LogP) is -8.40. The van der Waals surface area contributed by atoms with Gasteiger partial charge < -0.3 is 56.5 Å². The van der Waals surface area contributed by atoms with Crippen LogP contribution in [0.1, 0.15) is 25.7 Å². The van der Waals surface area contributed by atoms with Gasteiger partial charge in [-0.2, -0.15) is 0 Å². The molecule has 0 saturated heterocycles. The number of hydrogen-bond donors (Lipinski definition) is 2. The first kappa shape index (κ1) is 34.6. The zero-order valence-corrected chi connectivity index (χ0v) is 16.7. The summed E-state index contributed by atoms with van der Waals surface area (Å²) in [6.07, 6.45) is -1.00. The van der Waals surface area contributed by atoms with Gasteiger partial charge in [-0.15, -0.1) is 0 Å². The van der Waals surface area contributed by atoms with Crippen LogP contribution in [0.5, 0.6) is 0 Å². The third kappa shape index (κ3) is 27.4. The number of carboxylic acid groups (broad SMARTS) is 4. The summed E-state index contributed by atoms with van der Waals surface area (Å²) in [5.74, 6) is -5.50. The molecule has 0 aliphatic carbocycles. The average Bonchev–Trinajstić information content (AvgIpc) is 2.33. The molecule has 0 aliphatic heterocycles. The number of carbonyl (C=O) groups excluding carboxylic acids is 4. The Hall–Kier alpha value is 0.279. The summed E-state index contributed by atoms with van der Waals surface area (Å²) >= 11 is 0. The van der Waals surface area contributed by atoms with Crippen LogP contribution in [0.15, 0.2) is 0 Å². The molecule has 0 aliphatic rings. The number of carboxylic acids is 4. The van der Waals surface area contributed by atoms with E-state index in [1.54, 1.807) is 0 Å². The summed E-state index contributed by atoms with van der Waals surface area (Å²) in [5.41, 5.74) is 9.82. The molecule has 0 aromatic heterocycles. The minimum atomic E-state index is -1.44. The molecule has 23 heavy (non-hydrogen) atoms. The van der Waals surface area contributed by atoms with Crippen LogP contribution in [0.2, 0.25) is 0 Å². The zero-order chi connectivity index (χ0) is 16.3. The van der Waals surface area contributed by atoms with E-state index in [0.717, 1.165) is 0 Å². The first-order chi connectivity index (χ1) is 9.07. The van der Waals surface area contributed by atoms with Gasteiger partial charge in [-0.05, 0) is 25.7 Å². The van der Waals surface area contributed by atoms with Gasteiger partial charge in [0.25, 0.3) is 0 Å². The summed E-state index contributed by atoms with van der Waals surface area (Å²) < 4.78 is 0. The van der Waals surface area contributed by atoms with Gasteiger partial charge in [0.05, 0.1) is 11.9 Å². The maximum Gasteiger partial charge on any atom is 2.00 e. The largest absolute Gasteiger partial charge is 2.00 e. The first-order valence-corrected chi connectivity index (χ1v) is 5.40. The Morgan fingerprint density at radius 2 is 0.913 bits per heavy atom. The molecule has 0 aromatic carbocycles. The van der Waals surface area contributed by atoms with Crippen molar-refractivity contribution in [3.05, 3.63) is 0 Å². The standard InChI is InChI=1S/2C5H9NO4.2Ca.H2O/c2*6-3(5(9)10)1-2-4(7)8;;;/h2*3H,1-2,6H2,(H,7,8)(H,9,10);;;1H2/q;;2*+2;/p-4/t2*3-;;;/m11.../s1. The SMILES string of the molecule is N[C@H](CCC(=O)[O-])C(=O)[O-].N[C@H](CCC(=O)[O-])C(=O)[O-].O.[Ca+2].[Ca+2]. The van der Waals surface area contributed by atoms with Crippen molar-refractivity contribution in [3.8, 4) is 0 Å². The van der Waals surface area contributed by atoms with Gasteiger partial charge >= 0.3 is 75.5 Å². The predicted molar refractivity (Wildman–Crippen MR) is 69.6 cm³/mol. The molecule has 0 bridgehead atoms. The van der Waals surface area contributed by atoms with Crippen LogP contribution in [0.25, 0.3) is 0 Å². The van der Waals surface area contributed by atoms with Crippen LogP contribution < -0.4 is 31.9 Å². The molecule has 13 heteroatoms. The van der Waals surface area contributed by atoms with Crippen LogP contribution in [-0.4, -0.2) is 117 Å². The van der Waals surface area contributed by atoms with E-state index in [9.17, 15) is 39.6 Å². The monoisotopic (exact) mass is 388 g/mol. The molecule has 11 nitrogen and oxygen atoms in total. The zero-order valence-electron chi connectivity index (χ0n) is 12.3. The topological polar surface area (TPSA) is 244 Å². The molecule has 0 aromatic rings. The Kier molecular flexibility index (Phi) is 30.6. The normalized spacial score (nSPS) is 10.9. The molecule has 0 rings (SSSR count). The van der Waals surface area contributed by atoms with Crippen molar-refractivity contribution in [1.82, 2.24) is 0 Å². The van der Waals surface area contributed by atoms with E-state index in [-0.39, 0.29) is 107 Å². The first-order valence-electron chi connectivity index (χ1n) is 5.40. The van der Waals surface area contributed by atoms with E-state index < -0.39 is 36.0 Å². The van der Waals surface area contributed by atoms with E-state index in [1.165, 1.54) is 0 Å². The summed E-state index contributed by atoms with van der Waals surface area (Å²) in [7, 11) is 0. The van der Waals surface area contributed by atoms with E-state index in [2.05, 4.69) is 0 Å². The fourth-order valence-corrected chi connectivity index (χ4v) is 0.782. The maximum atomic E-state index is 9.86. The van der Waals surface area contributed by atoms with Crippen molar-refractivity contribution in [3.63, 3.8) is 0 Å². The van der Waals surface area contributed by atoms with Gasteiger partial charge in [0.15, 0.2) is 0 Å². The van der Waals surface area contributed by atoms with Gasteiger partial charge in [0.1, 0.15) is 0 Å². The van der Waals surface area contributed by atoms with E-state index in [4.69, 9.17) is 11.5 Å². The van der Waals surface area contributed by atoms with Crippen molar-refractivity contribution in [1.29, 1.82) is 0 Å². The molecule has 0 fully saturated rings. The Labute approximate surface area is 191 Å². The Balaban J connectivity index is -0.0000000831. The molecule has 0 amide bonds. The molecule has 0 unspecified atom stereocenters. The van der Waals surface area contributed by atoms with Crippen LogP contribution in [0, 0.1) is 0 Å². The average molecular weight is 388 g/mol. The quantitative estimate of drug-likeness (QED) is 0.371. The van der Waals surface area contributed by atoms with Crippen molar-refractivity contribution in [2.24, 2.45) is 11.5 Å². The van der Waals surface area contributed by atoms with Crippen LogP contribution >= 0.6 is 0 Å². The van der Waals surface area contributed by atoms with Crippen LogP contribution in [0.3, 0.4) is 0 Å². The van der Waals surface area contributed by atoms with Crippen molar-refractivity contribution < 1.29 is 45.1 Å². The summed E-state index contributed by atoms with van der Waals surface area (Å²) in [4.78, 5) is 39.2. The van der Waals surface area contributed by atoms with Crippen LogP contribution in [-0.2, 0) is 19.2 Å². The molecule has 0 spiro atoms. The number of hydrogen-bond acceptors (Lipinski definition) is 10. The third-order valence-corrected chi connectivity index (χ3v) is 1.92. The molecule has 6 N–H and O–H groups in total. The summed E-state index contributed by atoms with van der Waals surface area (Å²) in [6.45, 7) is 0. The molecular weight excluding hydrogens is 372 g/mol. The van der Waals surface area contributed by atoms with E-state index >= 15 is 0 Å². The van der Waals surface area contributed by atoms with Crippen LogP contribution in [0.4, 0.5) is 0 Å². The van der Waals surface area contributed by atoms with Crippen molar-refractivity contribution in [2.75, 3.05) is 0 Å². The van der Waals surface area contributed by atoms with Gasteiger partial charge in [-0.1, -0.05) is 0 Å². The van der Waals surface area contributed by atoms with Crippen molar-refractivity contribution in [2.45, 2.75) is 37.8 Å². The molecule has 0 radical (unpaired) electrons. The van der Waals surface area contributed by atoms with E-state index in [1.807, 2.05) is 0 Å². The number of aliphatic carboxylic acids is 4. The Bertz CT molecular complexity index is 334. The van der Waals surface area contributed by atoms with Gasteiger partial charge in [-0.3, -0.25) is 0 Å². The molecule has 0 saturated carbocycles. The summed E-state index contributed by atoms with van der Waals surface area (Å²) in [5, 5.41) is 39.2. The summed E-state index contributed by atoms with van der Waals surface area (Å²) in [6, 6.07) is -2.42. The molecule has 124 valence electrons. The smallest absolute Gasteiger partial charge is 0.550 e. The fraction of sp³-hybridized carbons (Fsp3) is 0.600. The van der Waals surface area contributed by atoms with Gasteiger partial charge in [-0.25, -0.2) is 0 Å². The number of nitrogens with two attached hydrogens (primary N) is 2. The second-order valence-electron chi connectivity index (χ2n) is 3.67. The Morgan fingerprint density at radius 3 is 1.04 bits per heavy atom. The molecule has 0 heterocycles. The number of rotatable bonds is 8. The minimum absolute atomic E-state index is 0. The molecule has 2 atom stereocenters. The second kappa shape index (κ2) is 20.3. The number of carbonyl (C=O) groups is 4. The fourth-order valence-electron chi connectivity index (χ4n) is 0.782. The van der Waals surface area contributed by atoms with Gasteiger partial charge in [0.2, 0.25) is 0 Å². The third-order valence-electron chi connectivity index (χ3n) is 1.92. The second-order valence-corrected chi connectivity index (χ2v) is 3.67. The van der Waals surface area contributed by atoms with Gasteiger partial charge in [0, 0.05) is 24.0 Å². The maximum absolute atomic E-state index is 9.86. The minimum Gasteiger partial charge on any atom is -0.550 e.